The highest BCUT2D eigenvalue weighted by Crippen LogP contribution is 2.28. The van der Waals surface area contributed by atoms with Gasteiger partial charge in [0.25, 0.3) is 5.69 Å². The van der Waals surface area contributed by atoms with Crippen LogP contribution in [0.1, 0.15) is 24.1 Å². The lowest BCUT2D eigenvalue weighted by Gasteiger charge is -2.16. The van der Waals surface area contributed by atoms with Crippen molar-refractivity contribution in [2.75, 3.05) is 0 Å². The maximum absolute atomic E-state index is 12.6. The molecule has 0 aromatic heterocycles. The van der Waals surface area contributed by atoms with E-state index in [1.54, 1.807) is 31.2 Å². The average molecular weight is 355 g/mol. The number of nitrogens with one attached hydrogen (secondary N) is 1. The van der Waals surface area contributed by atoms with Gasteiger partial charge < -0.3 is 0 Å². The lowest BCUT2D eigenvalue weighted by molar-refractivity contribution is -0.387. The van der Waals surface area contributed by atoms with Crippen molar-refractivity contribution >= 4 is 27.3 Å². The van der Waals surface area contributed by atoms with Crippen LogP contribution in [-0.2, 0) is 10.0 Å². The molecule has 0 heterocycles. The third kappa shape index (κ3) is 3.87. The first-order chi connectivity index (χ1) is 10.7. The van der Waals surface area contributed by atoms with Gasteiger partial charge in [0.15, 0.2) is 4.90 Å². The first-order valence-electron chi connectivity index (χ1n) is 6.74. The zero-order valence-corrected chi connectivity index (χ0v) is 14.1. The molecule has 0 radical (unpaired) electrons. The highest BCUT2D eigenvalue weighted by molar-refractivity contribution is 7.89. The molecule has 0 fully saturated rings. The fourth-order valence-electron chi connectivity index (χ4n) is 2.27. The van der Waals surface area contributed by atoms with Crippen molar-refractivity contribution in [1.82, 2.24) is 4.72 Å². The van der Waals surface area contributed by atoms with Crippen LogP contribution in [0.15, 0.2) is 47.4 Å². The van der Waals surface area contributed by atoms with Gasteiger partial charge in [-0.05, 0) is 37.1 Å². The quantitative estimate of drug-likeness (QED) is 0.656. The molecule has 0 spiro atoms. The van der Waals surface area contributed by atoms with Gasteiger partial charge in [0.2, 0.25) is 10.0 Å². The van der Waals surface area contributed by atoms with Gasteiger partial charge in [0.1, 0.15) is 0 Å². The minimum absolute atomic E-state index is 0.310. The van der Waals surface area contributed by atoms with Crippen molar-refractivity contribution in [1.29, 1.82) is 0 Å². The lowest BCUT2D eigenvalue weighted by atomic mass is 10.1. The lowest BCUT2D eigenvalue weighted by Crippen LogP contribution is -2.28. The van der Waals surface area contributed by atoms with Gasteiger partial charge in [-0.2, -0.15) is 0 Å². The van der Waals surface area contributed by atoms with E-state index in [9.17, 15) is 18.5 Å². The van der Waals surface area contributed by atoms with Gasteiger partial charge >= 0.3 is 0 Å². The van der Waals surface area contributed by atoms with Gasteiger partial charge in [-0.3, -0.25) is 10.1 Å². The molecule has 1 unspecified atom stereocenters. The monoisotopic (exact) mass is 354 g/mol. The molecule has 2 aromatic rings. The van der Waals surface area contributed by atoms with Crippen LogP contribution in [0.3, 0.4) is 0 Å². The van der Waals surface area contributed by atoms with Gasteiger partial charge in [-0.1, -0.05) is 35.9 Å². The van der Waals surface area contributed by atoms with Crippen molar-refractivity contribution in [3.63, 3.8) is 0 Å². The fourth-order valence-corrected chi connectivity index (χ4v) is 4.09. The zero-order chi connectivity index (χ0) is 17.2. The van der Waals surface area contributed by atoms with E-state index in [1.165, 1.54) is 25.1 Å². The molecule has 0 aliphatic rings. The number of nitro benzene ring substituents is 1. The number of hydrogen-bond donors (Lipinski definition) is 1. The standard InChI is InChI=1S/C15H15ClN2O4S/c1-10-5-3-8-14(18(19)20)15(10)23(21,22)17-11(2)12-6-4-7-13(16)9-12/h3-9,11,17H,1-2H3. The largest absolute Gasteiger partial charge is 0.289 e. The normalized spacial score (nSPS) is 12.8. The third-order valence-electron chi connectivity index (χ3n) is 3.34. The predicted octanol–water partition coefficient (Wildman–Crippen LogP) is 3.60. The first-order valence-corrected chi connectivity index (χ1v) is 8.60. The fraction of sp³-hybridized carbons (Fsp3) is 0.200. The minimum Gasteiger partial charge on any atom is -0.258 e. The Morgan fingerprint density at radius 2 is 1.87 bits per heavy atom. The first kappa shape index (κ1) is 17.4. The van der Waals surface area contributed by atoms with E-state index in [4.69, 9.17) is 11.6 Å². The van der Waals surface area contributed by atoms with Crippen LogP contribution in [0.4, 0.5) is 5.69 Å². The number of sulfonamides is 1. The summed E-state index contributed by atoms with van der Waals surface area (Å²) in [5.74, 6) is 0. The Labute approximate surface area is 139 Å². The van der Waals surface area contributed by atoms with Crippen LogP contribution in [0.2, 0.25) is 5.02 Å². The van der Waals surface area contributed by atoms with Crippen LogP contribution in [-0.4, -0.2) is 13.3 Å². The van der Waals surface area contributed by atoms with Crippen molar-refractivity contribution < 1.29 is 13.3 Å². The molecule has 8 heteroatoms. The number of nitro groups is 1. The second kappa shape index (κ2) is 6.66. The predicted molar refractivity (Wildman–Crippen MR) is 88.0 cm³/mol. The summed E-state index contributed by atoms with van der Waals surface area (Å²) in [5, 5.41) is 11.6. The minimum atomic E-state index is -4.06. The van der Waals surface area contributed by atoms with E-state index in [0.29, 0.717) is 16.1 Å². The molecule has 1 N–H and O–H groups in total. The summed E-state index contributed by atoms with van der Waals surface area (Å²) in [4.78, 5) is 10.1. The van der Waals surface area contributed by atoms with Crippen LogP contribution >= 0.6 is 11.6 Å². The third-order valence-corrected chi connectivity index (χ3v) is 5.30. The van der Waals surface area contributed by atoms with Gasteiger partial charge in [-0.15, -0.1) is 0 Å². The molecule has 0 amide bonds. The molecule has 0 bridgehead atoms. The summed E-state index contributed by atoms with van der Waals surface area (Å²) in [7, 11) is -4.06. The van der Waals surface area contributed by atoms with Crippen LogP contribution in [0, 0.1) is 17.0 Å². The number of hydrogen-bond acceptors (Lipinski definition) is 4. The van der Waals surface area contributed by atoms with E-state index in [1.807, 2.05) is 0 Å². The van der Waals surface area contributed by atoms with Crippen molar-refractivity contribution in [2.45, 2.75) is 24.8 Å². The average Bonchev–Trinajstić information content (AvgIpc) is 2.46. The summed E-state index contributed by atoms with van der Waals surface area (Å²) in [5.41, 5.74) is 0.526. The summed E-state index contributed by atoms with van der Waals surface area (Å²) in [6, 6.07) is 10.3. The summed E-state index contributed by atoms with van der Waals surface area (Å²) in [6.07, 6.45) is 0. The topological polar surface area (TPSA) is 89.3 Å². The number of halogens is 1. The van der Waals surface area contributed by atoms with Crippen molar-refractivity contribution in [3.8, 4) is 0 Å². The molecule has 1 atom stereocenters. The molecule has 23 heavy (non-hydrogen) atoms. The van der Waals surface area contributed by atoms with Gasteiger partial charge in [0.05, 0.1) is 4.92 Å². The second-order valence-corrected chi connectivity index (χ2v) is 7.17. The van der Waals surface area contributed by atoms with E-state index >= 15 is 0 Å². The number of benzene rings is 2. The zero-order valence-electron chi connectivity index (χ0n) is 12.5. The highest BCUT2D eigenvalue weighted by atomic mass is 35.5. The van der Waals surface area contributed by atoms with Gasteiger partial charge in [-0.25, -0.2) is 13.1 Å². The Kier molecular flexibility index (Phi) is 5.03. The summed E-state index contributed by atoms with van der Waals surface area (Å²) in [6.45, 7) is 3.17. The molecular formula is C15H15ClN2O4S. The van der Waals surface area contributed by atoms with E-state index in [0.717, 1.165) is 0 Å². The number of nitrogens with zero attached hydrogens (tertiary/aromatic N) is 1. The molecule has 0 aliphatic carbocycles. The van der Waals surface area contributed by atoms with Crippen LogP contribution < -0.4 is 4.72 Å². The second-order valence-electron chi connectivity index (χ2n) is 5.08. The van der Waals surface area contributed by atoms with Gasteiger partial charge in [0, 0.05) is 17.1 Å². The molecule has 0 saturated heterocycles. The SMILES string of the molecule is Cc1cccc([N+](=O)[O-])c1S(=O)(=O)NC(C)c1cccc(Cl)c1. The Bertz CT molecular complexity index is 852. The molecule has 2 rings (SSSR count). The smallest absolute Gasteiger partial charge is 0.258 e. The van der Waals surface area contributed by atoms with E-state index in [-0.39, 0.29) is 4.90 Å². The molecule has 6 nitrogen and oxygen atoms in total. The Hall–Kier alpha value is -1.96. The molecule has 2 aromatic carbocycles. The molecule has 0 saturated carbocycles. The summed E-state index contributed by atoms with van der Waals surface area (Å²) >= 11 is 5.90. The van der Waals surface area contributed by atoms with E-state index in [2.05, 4.69) is 4.72 Å². The Balaban J connectivity index is 2.42. The van der Waals surface area contributed by atoms with Crippen LogP contribution in [0.5, 0.6) is 0 Å². The highest BCUT2D eigenvalue weighted by Gasteiger charge is 2.29. The number of aryl methyl sites for hydroxylation is 1. The number of rotatable bonds is 5. The maximum atomic E-state index is 12.6. The summed E-state index contributed by atoms with van der Waals surface area (Å²) < 4.78 is 27.7. The maximum Gasteiger partial charge on any atom is 0.289 e. The molecular weight excluding hydrogens is 340 g/mol. The van der Waals surface area contributed by atoms with E-state index < -0.39 is 26.7 Å². The molecule has 0 aliphatic heterocycles. The molecule has 122 valence electrons. The van der Waals surface area contributed by atoms with Crippen LogP contribution in [0.25, 0.3) is 0 Å². The van der Waals surface area contributed by atoms with Crippen molar-refractivity contribution in [2.24, 2.45) is 0 Å². The Morgan fingerprint density at radius 3 is 2.48 bits per heavy atom. The Morgan fingerprint density at radius 1 is 1.22 bits per heavy atom. The van der Waals surface area contributed by atoms with Crippen molar-refractivity contribution in [3.05, 3.63) is 68.7 Å².